The molecule has 2 rings (SSSR count). The number of carbonyl (C=O) groups is 2. The van der Waals surface area contributed by atoms with Gasteiger partial charge in [0.1, 0.15) is 0 Å². The topological polar surface area (TPSA) is 99.9 Å². The lowest BCUT2D eigenvalue weighted by Crippen LogP contribution is -2.28. The monoisotopic (exact) mass is 414 g/mol. The Hall–Kier alpha value is -3.07. The predicted molar refractivity (Wildman–Crippen MR) is 97.6 cm³/mol. The van der Waals surface area contributed by atoms with Crippen molar-refractivity contribution < 1.29 is 32.6 Å². The molecular formula is C18H17ClF2N2O5. The first-order valence-electron chi connectivity index (χ1n) is 7.90. The van der Waals surface area contributed by atoms with Crippen LogP contribution in [0.4, 0.5) is 14.5 Å². The molecule has 0 heterocycles. The molecule has 2 aromatic carbocycles. The number of halogens is 3. The highest BCUT2D eigenvalue weighted by molar-refractivity contribution is 6.31. The van der Waals surface area contributed by atoms with Gasteiger partial charge in [-0.05, 0) is 35.9 Å². The van der Waals surface area contributed by atoms with Gasteiger partial charge < -0.3 is 25.3 Å². The van der Waals surface area contributed by atoms with Gasteiger partial charge in [-0.25, -0.2) is 4.79 Å². The van der Waals surface area contributed by atoms with Crippen LogP contribution < -0.4 is 20.5 Å². The molecule has 0 aliphatic carbocycles. The number of hydrogen-bond donors (Lipinski definition) is 2. The number of ether oxygens (including phenoxy) is 3. The number of hydrogen-bond acceptors (Lipinski definition) is 6. The van der Waals surface area contributed by atoms with Crippen LogP contribution in [0.25, 0.3) is 0 Å². The second-order valence-electron chi connectivity index (χ2n) is 5.45. The average molecular weight is 415 g/mol. The van der Waals surface area contributed by atoms with E-state index >= 15 is 0 Å². The van der Waals surface area contributed by atoms with E-state index in [2.05, 4.69) is 10.1 Å². The van der Waals surface area contributed by atoms with Crippen LogP contribution in [0.5, 0.6) is 11.5 Å². The standard InChI is InChI=1S/C18H17ClF2N2O5/c1-26-15-6-10(2-5-14(15)28-18(20)21)8-23-16(24)9-27-17(25)12-7-11(19)3-4-13(12)22/h2-7,18H,8-9,22H2,1H3,(H,23,24). The van der Waals surface area contributed by atoms with Crippen LogP contribution in [-0.2, 0) is 16.1 Å². The fourth-order valence-electron chi connectivity index (χ4n) is 2.18. The van der Waals surface area contributed by atoms with Crippen molar-refractivity contribution in [1.82, 2.24) is 5.32 Å². The first kappa shape index (κ1) is 21.2. The van der Waals surface area contributed by atoms with E-state index < -0.39 is 25.1 Å². The van der Waals surface area contributed by atoms with Gasteiger partial charge in [0.2, 0.25) is 0 Å². The molecule has 0 radical (unpaired) electrons. The van der Waals surface area contributed by atoms with Gasteiger partial charge in [0.15, 0.2) is 18.1 Å². The molecule has 2 aromatic rings. The van der Waals surface area contributed by atoms with E-state index in [0.29, 0.717) is 10.6 Å². The van der Waals surface area contributed by atoms with Crippen molar-refractivity contribution in [2.45, 2.75) is 13.2 Å². The molecule has 150 valence electrons. The fraction of sp³-hybridized carbons (Fsp3) is 0.222. The summed E-state index contributed by atoms with van der Waals surface area (Å²) < 4.78 is 38.8. The van der Waals surface area contributed by atoms with Gasteiger partial charge in [-0.15, -0.1) is 0 Å². The molecule has 0 fully saturated rings. The lowest BCUT2D eigenvalue weighted by atomic mass is 10.2. The minimum absolute atomic E-state index is 0.0552. The maximum absolute atomic E-state index is 12.3. The van der Waals surface area contributed by atoms with Crippen molar-refractivity contribution in [1.29, 1.82) is 0 Å². The number of nitrogens with one attached hydrogen (secondary N) is 1. The molecule has 3 N–H and O–H groups in total. The largest absolute Gasteiger partial charge is 0.493 e. The maximum atomic E-state index is 12.3. The number of carbonyl (C=O) groups excluding carboxylic acids is 2. The van der Waals surface area contributed by atoms with Crippen molar-refractivity contribution in [3.05, 3.63) is 52.5 Å². The van der Waals surface area contributed by atoms with E-state index in [-0.39, 0.29) is 29.3 Å². The quantitative estimate of drug-likeness (QED) is 0.509. The minimum atomic E-state index is -2.98. The number of nitrogen functional groups attached to an aromatic ring is 1. The number of methoxy groups -OCH3 is 1. The van der Waals surface area contributed by atoms with Crippen molar-refractivity contribution >= 4 is 29.2 Å². The van der Waals surface area contributed by atoms with E-state index in [1.165, 1.54) is 43.5 Å². The lowest BCUT2D eigenvalue weighted by molar-refractivity contribution is -0.124. The number of amides is 1. The van der Waals surface area contributed by atoms with Gasteiger partial charge in [-0.1, -0.05) is 17.7 Å². The molecule has 0 aliphatic heterocycles. The number of nitrogens with two attached hydrogens (primary N) is 1. The molecule has 7 nitrogen and oxygen atoms in total. The van der Waals surface area contributed by atoms with E-state index in [1.54, 1.807) is 0 Å². The van der Waals surface area contributed by atoms with E-state index in [4.69, 9.17) is 26.8 Å². The fourth-order valence-corrected chi connectivity index (χ4v) is 2.35. The molecule has 10 heteroatoms. The number of rotatable bonds is 8. The van der Waals surface area contributed by atoms with Crippen LogP contribution in [-0.4, -0.2) is 32.2 Å². The van der Waals surface area contributed by atoms with Gasteiger partial charge in [-0.3, -0.25) is 4.79 Å². The molecule has 0 bridgehead atoms. The first-order chi connectivity index (χ1) is 13.3. The zero-order chi connectivity index (χ0) is 20.7. The summed E-state index contributed by atoms with van der Waals surface area (Å²) in [4.78, 5) is 23.8. The third-order valence-electron chi connectivity index (χ3n) is 3.50. The molecule has 0 aromatic heterocycles. The predicted octanol–water partition coefficient (Wildman–Crippen LogP) is 3.01. The van der Waals surface area contributed by atoms with Crippen molar-refractivity contribution in [2.75, 3.05) is 19.5 Å². The van der Waals surface area contributed by atoms with Gasteiger partial charge in [0.05, 0.1) is 12.7 Å². The third kappa shape index (κ3) is 5.98. The van der Waals surface area contributed by atoms with Gasteiger partial charge in [0.25, 0.3) is 5.91 Å². The average Bonchev–Trinajstić information content (AvgIpc) is 2.66. The minimum Gasteiger partial charge on any atom is -0.493 e. The molecule has 1 amide bonds. The second kappa shape index (κ2) is 9.75. The second-order valence-corrected chi connectivity index (χ2v) is 5.88. The maximum Gasteiger partial charge on any atom is 0.387 e. The lowest BCUT2D eigenvalue weighted by Gasteiger charge is -2.12. The summed E-state index contributed by atoms with van der Waals surface area (Å²) in [5.41, 5.74) is 6.47. The van der Waals surface area contributed by atoms with Crippen molar-refractivity contribution in [2.24, 2.45) is 0 Å². The summed E-state index contributed by atoms with van der Waals surface area (Å²) in [6.07, 6.45) is 0. The molecule has 0 atom stereocenters. The number of alkyl halides is 2. The zero-order valence-electron chi connectivity index (χ0n) is 14.7. The summed E-state index contributed by atoms with van der Waals surface area (Å²) in [6, 6.07) is 8.54. The summed E-state index contributed by atoms with van der Waals surface area (Å²) >= 11 is 5.80. The molecular weight excluding hydrogens is 398 g/mol. The SMILES string of the molecule is COc1cc(CNC(=O)COC(=O)c2cc(Cl)ccc2N)ccc1OC(F)F. The Bertz CT molecular complexity index is 864. The number of anilines is 1. The van der Waals surface area contributed by atoms with Gasteiger partial charge in [-0.2, -0.15) is 8.78 Å². The Kier molecular flexibility index (Phi) is 7.39. The summed E-state index contributed by atoms with van der Waals surface area (Å²) in [6.45, 7) is -3.46. The summed E-state index contributed by atoms with van der Waals surface area (Å²) in [7, 11) is 1.30. The van der Waals surface area contributed by atoms with Crippen LogP contribution in [0.3, 0.4) is 0 Å². The van der Waals surface area contributed by atoms with E-state index in [0.717, 1.165) is 0 Å². The zero-order valence-corrected chi connectivity index (χ0v) is 15.5. The Balaban J connectivity index is 1.88. The molecule has 0 spiro atoms. The third-order valence-corrected chi connectivity index (χ3v) is 3.74. The smallest absolute Gasteiger partial charge is 0.387 e. The molecule has 0 unspecified atom stereocenters. The molecule has 28 heavy (non-hydrogen) atoms. The van der Waals surface area contributed by atoms with Crippen molar-refractivity contribution in [3.8, 4) is 11.5 Å². The van der Waals surface area contributed by atoms with Crippen LogP contribution in [0.2, 0.25) is 5.02 Å². The normalized spacial score (nSPS) is 10.5. The van der Waals surface area contributed by atoms with Crippen LogP contribution in [0, 0.1) is 0 Å². The first-order valence-corrected chi connectivity index (χ1v) is 8.28. The summed E-state index contributed by atoms with van der Waals surface area (Å²) in [5.74, 6) is -1.39. The highest BCUT2D eigenvalue weighted by Gasteiger charge is 2.15. The van der Waals surface area contributed by atoms with Gasteiger partial charge in [0, 0.05) is 17.3 Å². The molecule has 0 saturated heterocycles. The van der Waals surface area contributed by atoms with Crippen LogP contribution >= 0.6 is 11.6 Å². The molecule has 0 aliphatic rings. The number of esters is 1. The highest BCUT2D eigenvalue weighted by Crippen LogP contribution is 2.29. The Morgan fingerprint density at radius 3 is 2.61 bits per heavy atom. The summed E-state index contributed by atoms with van der Waals surface area (Å²) in [5, 5.41) is 2.83. The Morgan fingerprint density at radius 1 is 1.18 bits per heavy atom. The van der Waals surface area contributed by atoms with E-state index in [1.807, 2.05) is 0 Å². The van der Waals surface area contributed by atoms with Crippen molar-refractivity contribution in [3.63, 3.8) is 0 Å². The molecule has 0 saturated carbocycles. The Morgan fingerprint density at radius 2 is 1.93 bits per heavy atom. The van der Waals surface area contributed by atoms with E-state index in [9.17, 15) is 18.4 Å². The van der Waals surface area contributed by atoms with Crippen LogP contribution in [0.15, 0.2) is 36.4 Å². The number of benzene rings is 2. The Labute approximate surface area is 164 Å². The highest BCUT2D eigenvalue weighted by atomic mass is 35.5. The van der Waals surface area contributed by atoms with Crippen LogP contribution in [0.1, 0.15) is 15.9 Å². The van der Waals surface area contributed by atoms with Gasteiger partial charge >= 0.3 is 12.6 Å².